The van der Waals surface area contributed by atoms with Gasteiger partial charge in [-0.15, -0.1) is 0 Å². The topological polar surface area (TPSA) is 23.5 Å². The van der Waals surface area contributed by atoms with Gasteiger partial charge in [-0.3, -0.25) is 4.90 Å². The molecular weight excluding hydrogens is 305 g/mol. The molecule has 2 nitrogen and oxygen atoms in total. The predicted octanol–water partition coefficient (Wildman–Crippen LogP) is 4.38. The molecule has 2 bridgehead atoms. The number of nitrogens with zero attached hydrogens (tertiary/aromatic N) is 1. The molecule has 0 amide bonds. The molecular formula is C17H21Cl2NO. The number of benzene rings is 1. The fourth-order valence-corrected chi connectivity index (χ4v) is 4.11. The first kappa shape index (κ1) is 15.4. The molecule has 1 aromatic carbocycles. The summed E-state index contributed by atoms with van der Waals surface area (Å²) in [5.41, 5.74) is 3.89. The van der Waals surface area contributed by atoms with Crippen LogP contribution in [0.3, 0.4) is 0 Å². The van der Waals surface area contributed by atoms with Gasteiger partial charge in [-0.1, -0.05) is 29.3 Å². The summed E-state index contributed by atoms with van der Waals surface area (Å²) < 4.78 is 0. The summed E-state index contributed by atoms with van der Waals surface area (Å²) in [6.07, 6.45) is 3.87. The summed E-state index contributed by atoms with van der Waals surface area (Å²) in [6, 6.07) is 6.95. The van der Waals surface area contributed by atoms with Crippen LogP contribution in [-0.2, 0) is 0 Å². The molecule has 0 saturated carbocycles. The van der Waals surface area contributed by atoms with Gasteiger partial charge in [-0.05, 0) is 68.5 Å². The van der Waals surface area contributed by atoms with Crippen LogP contribution in [0, 0.1) is 0 Å². The molecule has 2 unspecified atom stereocenters. The number of aliphatic hydroxyl groups excluding tert-OH is 1. The van der Waals surface area contributed by atoms with Crippen LogP contribution in [-0.4, -0.2) is 35.2 Å². The number of rotatable bonds is 3. The lowest BCUT2D eigenvalue weighted by molar-refractivity contribution is 0.181. The Balaban J connectivity index is 2.06. The molecule has 1 fully saturated rings. The molecule has 0 aromatic heterocycles. The van der Waals surface area contributed by atoms with E-state index in [2.05, 4.69) is 18.0 Å². The van der Waals surface area contributed by atoms with Gasteiger partial charge in [-0.2, -0.15) is 0 Å². The highest BCUT2D eigenvalue weighted by atomic mass is 35.5. The predicted molar refractivity (Wildman–Crippen MR) is 88.9 cm³/mol. The molecule has 0 radical (unpaired) electrons. The largest absolute Gasteiger partial charge is 0.393 e. The van der Waals surface area contributed by atoms with Crippen LogP contribution >= 0.6 is 23.2 Å². The van der Waals surface area contributed by atoms with E-state index < -0.39 is 0 Å². The molecule has 4 heteroatoms. The van der Waals surface area contributed by atoms with E-state index in [1.165, 1.54) is 24.0 Å². The van der Waals surface area contributed by atoms with E-state index >= 15 is 0 Å². The standard InChI is InChI=1S/C17H21Cl2NO/c1-10(21)7-14-13(9-12-4-6-17(14)20(12)2)11-3-5-15(18)16(19)8-11/h3,5,8,10,12,17,21H,4,6-7,9H2,1-2H3/t10?,12?,17-/m1/s1. The fourth-order valence-electron chi connectivity index (χ4n) is 3.81. The molecule has 1 aromatic rings. The van der Waals surface area contributed by atoms with Crippen LogP contribution in [0.5, 0.6) is 0 Å². The maximum absolute atomic E-state index is 9.88. The number of likely N-dealkylation sites (N-methyl/N-ethyl adjacent to an activating group) is 1. The van der Waals surface area contributed by atoms with Crippen molar-refractivity contribution in [3.63, 3.8) is 0 Å². The van der Waals surface area contributed by atoms with E-state index in [-0.39, 0.29) is 6.10 Å². The van der Waals surface area contributed by atoms with Gasteiger partial charge < -0.3 is 5.11 Å². The highest BCUT2D eigenvalue weighted by molar-refractivity contribution is 6.42. The van der Waals surface area contributed by atoms with E-state index in [0.29, 0.717) is 22.1 Å². The van der Waals surface area contributed by atoms with Gasteiger partial charge in [0.05, 0.1) is 16.1 Å². The van der Waals surface area contributed by atoms with Crippen molar-refractivity contribution in [2.24, 2.45) is 0 Å². The SMILES string of the molecule is CC(O)CC1=C(c2ccc(Cl)c(Cl)c2)CC2CC[C@H]1N2C. The second-order valence-corrected chi connectivity index (χ2v) is 7.12. The average Bonchev–Trinajstić information content (AvgIpc) is 2.67. The Morgan fingerprint density at radius 1 is 1.29 bits per heavy atom. The van der Waals surface area contributed by atoms with E-state index in [1.807, 2.05) is 19.1 Å². The smallest absolute Gasteiger partial charge is 0.0598 e. The zero-order chi connectivity index (χ0) is 15.1. The molecule has 114 valence electrons. The highest BCUT2D eigenvalue weighted by Gasteiger charge is 2.39. The Morgan fingerprint density at radius 3 is 2.71 bits per heavy atom. The Hall–Kier alpha value is -0.540. The second kappa shape index (κ2) is 5.92. The molecule has 1 N–H and O–H groups in total. The molecule has 3 rings (SSSR count). The lowest BCUT2D eigenvalue weighted by atomic mass is 9.86. The van der Waals surface area contributed by atoms with Crippen molar-refractivity contribution < 1.29 is 5.11 Å². The molecule has 0 spiro atoms. The van der Waals surface area contributed by atoms with Gasteiger partial charge in [0.1, 0.15) is 0 Å². The lowest BCUT2D eigenvalue weighted by Gasteiger charge is -2.36. The van der Waals surface area contributed by atoms with Gasteiger partial charge in [0.15, 0.2) is 0 Å². The summed E-state index contributed by atoms with van der Waals surface area (Å²) in [5.74, 6) is 0. The maximum Gasteiger partial charge on any atom is 0.0598 e. The van der Waals surface area contributed by atoms with Gasteiger partial charge >= 0.3 is 0 Å². The lowest BCUT2D eigenvalue weighted by Crippen LogP contribution is -2.38. The maximum atomic E-state index is 9.88. The van der Waals surface area contributed by atoms with E-state index in [0.717, 1.165) is 18.4 Å². The molecule has 2 aliphatic rings. The number of halogens is 2. The van der Waals surface area contributed by atoms with Crippen molar-refractivity contribution in [2.45, 2.75) is 50.8 Å². The minimum absolute atomic E-state index is 0.316. The zero-order valence-corrected chi connectivity index (χ0v) is 14.0. The Bertz CT molecular complexity index is 582. The molecule has 21 heavy (non-hydrogen) atoms. The summed E-state index contributed by atoms with van der Waals surface area (Å²) in [6.45, 7) is 1.86. The van der Waals surface area contributed by atoms with Crippen molar-refractivity contribution >= 4 is 28.8 Å². The van der Waals surface area contributed by atoms with Crippen LogP contribution < -0.4 is 0 Å². The first-order chi connectivity index (χ1) is 9.97. The van der Waals surface area contributed by atoms with E-state index in [9.17, 15) is 5.11 Å². The average molecular weight is 326 g/mol. The van der Waals surface area contributed by atoms with Crippen molar-refractivity contribution in [1.82, 2.24) is 4.90 Å². The van der Waals surface area contributed by atoms with Gasteiger partial charge in [0, 0.05) is 12.1 Å². The number of hydrogen-bond donors (Lipinski definition) is 1. The van der Waals surface area contributed by atoms with Crippen LogP contribution in [0.15, 0.2) is 23.8 Å². The summed E-state index contributed by atoms with van der Waals surface area (Å²) in [4.78, 5) is 2.47. The van der Waals surface area contributed by atoms with Gasteiger partial charge in [0.25, 0.3) is 0 Å². The first-order valence-electron chi connectivity index (χ1n) is 7.54. The molecule has 2 heterocycles. The third-order valence-corrected chi connectivity index (χ3v) is 5.59. The second-order valence-electron chi connectivity index (χ2n) is 6.30. The molecule has 2 aliphatic heterocycles. The zero-order valence-electron chi connectivity index (χ0n) is 12.4. The third-order valence-electron chi connectivity index (χ3n) is 4.85. The monoisotopic (exact) mass is 325 g/mol. The molecule has 0 aliphatic carbocycles. The van der Waals surface area contributed by atoms with Crippen molar-refractivity contribution in [3.05, 3.63) is 39.4 Å². The summed E-state index contributed by atoms with van der Waals surface area (Å²) in [7, 11) is 2.20. The van der Waals surface area contributed by atoms with E-state index in [1.54, 1.807) is 0 Å². The number of hydrogen-bond acceptors (Lipinski definition) is 2. The van der Waals surface area contributed by atoms with Crippen molar-refractivity contribution in [1.29, 1.82) is 0 Å². The third kappa shape index (κ3) is 2.87. The van der Waals surface area contributed by atoms with Crippen molar-refractivity contribution in [2.75, 3.05) is 7.05 Å². The minimum atomic E-state index is -0.316. The Morgan fingerprint density at radius 2 is 2.05 bits per heavy atom. The highest BCUT2D eigenvalue weighted by Crippen LogP contribution is 2.44. The van der Waals surface area contributed by atoms with Gasteiger partial charge in [-0.25, -0.2) is 0 Å². The minimum Gasteiger partial charge on any atom is -0.393 e. The van der Waals surface area contributed by atoms with Crippen molar-refractivity contribution in [3.8, 4) is 0 Å². The van der Waals surface area contributed by atoms with Crippen LogP contribution in [0.1, 0.15) is 38.2 Å². The van der Waals surface area contributed by atoms with Crippen LogP contribution in [0.25, 0.3) is 5.57 Å². The number of aliphatic hydroxyl groups is 1. The number of fused-ring (bicyclic) bond motifs is 2. The summed E-state index contributed by atoms with van der Waals surface area (Å²) >= 11 is 12.2. The molecule has 3 atom stereocenters. The fraction of sp³-hybridized carbons (Fsp3) is 0.529. The Labute approximate surface area is 136 Å². The normalized spacial score (nSPS) is 27.3. The first-order valence-corrected chi connectivity index (χ1v) is 8.30. The van der Waals surface area contributed by atoms with E-state index in [4.69, 9.17) is 23.2 Å². The van der Waals surface area contributed by atoms with Crippen LogP contribution in [0.2, 0.25) is 10.0 Å². The van der Waals surface area contributed by atoms with Gasteiger partial charge in [0.2, 0.25) is 0 Å². The Kier molecular flexibility index (Phi) is 4.33. The quantitative estimate of drug-likeness (QED) is 0.891. The summed E-state index contributed by atoms with van der Waals surface area (Å²) in [5, 5.41) is 11.1. The molecule has 1 saturated heterocycles. The van der Waals surface area contributed by atoms with Crippen LogP contribution in [0.4, 0.5) is 0 Å².